The van der Waals surface area contributed by atoms with Crippen molar-refractivity contribution in [3.63, 3.8) is 0 Å². The molecule has 0 N–H and O–H groups in total. The largest absolute Gasteiger partial charge is 0.497 e. The molecule has 0 saturated carbocycles. The zero-order chi connectivity index (χ0) is 10.6. The zero-order valence-electron chi connectivity index (χ0n) is 7.99. The maximum Gasteiger partial charge on any atom is 0.158 e. The fourth-order valence-electron chi connectivity index (χ4n) is 0.877. The summed E-state index contributed by atoms with van der Waals surface area (Å²) in [4.78, 5) is 11.8. The highest BCUT2D eigenvalue weighted by molar-refractivity contribution is 8.01. The van der Waals surface area contributed by atoms with E-state index in [9.17, 15) is 4.79 Å². The number of halogens is 1. The molecule has 0 aliphatic rings. The monoisotopic (exact) mass is 230 g/mol. The molecule has 1 aromatic rings. The number of alkyl halides is 1. The Morgan fingerprint density at radius 1 is 1.57 bits per heavy atom. The van der Waals surface area contributed by atoms with Crippen LogP contribution in [0.15, 0.2) is 29.2 Å². The third-order valence-electron chi connectivity index (χ3n) is 1.60. The minimum atomic E-state index is -0.526. The van der Waals surface area contributed by atoms with Crippen molar-refractivity contribution in [2.45, 2.75) is 16.5 Å². The zero-order valence-corrected chi connectivity index (χ0v) is 9.56. The standard InChI is InChI=1S/C10H11ClO2S/c1-7(12)10(11)14-9-5-3-4-8(6-9)13-2/h3-6,10H,1-2H3. The first-order chi connectivity index (χ1) is 6.63. The van der Waals surface area contributed by atoms with Gasteiger partial charge in [-0.2, -0.15) is 0 Å². The molecule has 1 atom stereocenters. The molecule has 14 heavy (non-hydrogen) atoms. The van der Waals surface area contributed by atoms with Crippen molar-refractivity contribution in [1.29, 1.82) is 0 Å². The van der Waals surface area contributed by atoms with E-state index in [0.717, 1.165) is 10.6 Å². The number of carbonyl (C=O) groups is 1. The Morgan fingerprint density at radius 3 is 2.86 bits per heavy atom. The van der Waals surface area contributed by atoms with Gasteiger partial charge < -0.3 is 4.74 Å². The molecule has 1 unspecified atom stereocenters. The molecule has 76 valence electrons. The van der Waals surface area contributed by atoms with Crippen LogP contribution in [0.2, 0.25) is 0 Å². The molecule has 4 heteroatoms. The number of hydrogen-bond donors (Lipinski definition) is 0. The van der Waals surface area contributed by atoms with E-state index < -0.39 is 4.71 Å². The van der Waals surface area contributed by atoms with Crippen LogP contribution in [0.5, 0.6) is 5.75 Å². The molecule has 2 nitrogen and oxygen atoms in total. The van der Waals surface area contributed by atoms with Gasteiger partial charge in [0.2, 0.25) is 0 Å². The topological polar surface area (TPSA) is 26.3 Å². The highest BCUT2D eigenvalue weighted by Gasteiger charge is 2.11. The van der Waals surface area contributed by atoms with E-state index in [1.165, 1.54) is 18.7 Å². The van der Waals surface area contributed by atoms with E-state index >= 15 is 0 Å². The number of rotatable bonds is 4. The molecular weight excluding hydrogens is 220 g/mol. The van der Waals surface area contributed by atoms with Gasteiger partial charge >= 0.3 is 0 Å². The molecule has 0 spiro atoms. The van der Waals surface area contributed by atoms with Gasteiger partial charge in [-0.25, -0.2) is 0 Å². The van der Waals surface area contributed by atoms with E-state index in [1.807, 2.05) is 24.3 Å². The number of ether oxygens (including phenoxy) is 1. The third-order valence-corrected chi connectivity index (χ3v) is 3.24. The maximum atomic E-state index is 10.9. The summed E-state index contributed by atoms with van der Waals surface area (Å²) in [5.41, 5.74) is 0. The van der Waals surface area contributed by atoms with Crippen molar-refractivity contribution in [2.24, 2.45) is 0 Å². The van der Waals surface area contributed by atoms with Gasteiger partial charge in [0.15, 0.2) is 5.78 Å². The van der Waals surface area contributed by atoms with Gasteiger partial charge in [-0.05, 0) is 25.1 Å². The Labute approximate surface area is 92.6 Å². The predicted molar refractivity (Wildman–Crippen MR) is 59.2 cm³/mol. The summed E-state index contributed by atoms with van der Waals surface area (Å²) in [5, 5.41) is 0. The molecule has 0 radical (unpaired) electrons. The molecule has 0 aliphatic heterocycles. The normalized spacial score (nSPS) is 12.2. The molecule has 0 saturated heterocycles. The van der Waals surface area contributed by atoms with Crippen LogP contribution in [0, 0.1) is 0 Å². The third kappa shape index (κ3) is 3.24. The molecule has 1 rings (SSSR count). The van der Waals surface area contributed by atoms with Crippen LogP contribution < -0.4 is 4.74 Å². The first kappa shape index (κ1) is 11.4. The van der Waals surface area contributed by atoms with Crippen LogP contribution in [0.4, 0.5) is 0 Å². The lowest BCUT2D eigenvalue weighted by molar-refractivity contribution is -0.115. The summed E-state index contributed by atoms with van der Waals surface area (Å²) >= 11 is 7.14. The van der Waals surface area contributed by atoms with Crippen molar-refractivity contribution >= 4 is 29.1 Å². The maximum absolute atomic E-state index is 10.9. The first-order valence-corrected chi connectivity index (χ1v) is 5.40. The van der Waals surface area contributed by atoms with Crippen molar-refractivity contribution in [3.05, 3.63) is 24.3 Å². The summed E-state index contributed by atoms with van der Waals surface area (Å²) in [6.07, 6.45) is 0. The molecule has 1 aromatic carbocycles. The van der Waals surface area contributed by atoms with Crippen LogP contribution in [0.1, 0.15) is 6.92 Å². The van der Waals surface area contributed by atoms with Crippen molar-refractivity contribution in [1.82, 2.24) is 0 Å². The Kier molecular flexibility index (Phi) is 4.29. The number of thioether (sulfide) groups is 1. The van der Waals surface area contributed by atoms with E-state index in [2.05, 4.69) is 0 Å². The average molecular weight is 231 g/mol. The summed E-state index contributed by atoms with van der Waals surface area (Å²) in [5.74, 6) is 0.724. The number of hydrogen-bond acceptors (Lipinski definition) is 3. The Balaban J connectivity index is 2.71. The molecule has 0 aromatic heterocycles. The molecule has 0 aliphatic carbocycles. The minimum Gasteiger partial charge on any atom is -0.497 e. The molecule has 0 fully saturated rings. The highest BCUT2D eigenvalue weighted by Crippen LogP contribution is 2.28. The Morgan fingerprint density at radius 2 is 2.29 bits per heavy atom. The smallest absolute Gasteiger partial charge is 0.158 e. The summed E-state index contributed by atoms with van der Waals surface area (Å²) in [7, 11) is 1.60. The van der Waals surface area contributed by atoms with E-state index in [4.69, 9.17) is 16.3 Å². The first-order valence-electron chi connectivity index (χ1n) is 4.08. The lowest BCUT2D eigenvalue weighted by atomic mass is 10.3. The molecule has 0 amide bonds. The summed E-state index contributed by atoms with van der Waals surface area (Å²) in [6, 6.07) is 7.46. The second-order valence-corrected chi connectivity index (χ2v) is 4.60. The Bertz CT molecular complexity index is 328. The summed E-state index contributed by atoms with van der Waals surface area (Å²) < 4.78 is 4.53. The average Bonchev–Trinajstić information content (AvgIpc) is 2.18. The molecular formula is C10H11ClO2S. The van der Waals surface area contributed by atoms with Crippen LogP contribution in [-0.2, 0) is 4.79 Å². The van der Waals surface area contributed by atoms with Crippen LogP contribution in [0.25, 0.3) is 0 Å². The number of methoxy groups -OCH3 is 1. The second-order valence-electron chi connectivity index (χ2n) is 2.72. The minimum absolute atomic E-state index is 0.0421. The molecule has 0 bridgehead atoms. The summed E-state index contributed by atoms with van der Waals surface area (Å²) in [6.45, 7) is 1.48. The van der Waals surface area contributed by atoms with Crippen molar-refractivity contribution < 1.29 is 9.53 Å². The van der Waals surface area contributed by atoms with Crippen molar-refractivity contribution in [3.8, 4) is 5.75 Å². The van der Waals surface area contributed by atoms with Gasteiger partial charge in [0.05, 0.1) is 7.11 Å². The van der Waals surface area contributed by atoms with Crippen LogP contribution >= 0.6 is 23.4 Å². The Hall–Kier alpha value is -0.670. The van der Waals surface area contributed by atoms with Gasteiger partial charge in [0.1, 0.15) is 10.5 Å². The quantitative estimate of drug-likeness (QED) is 0.588. The number of benzene rings is 1. The van der Waals surface area contributed by atoms with Gasteiger partial charge in [0.25, 0.3) is 0 Å². The van der Waals surface area contributed by atoms with Gasteiger partial charge in [-0.3, -0.25) is 4.79 Å². The fourth-order valence-corrected chi connectivity index (χ4v) is 1.93. The van der Waals surface area contributed by atoms with Crippen LogP contribution in [0.3, 0.4) is 0 Å². The number of ketones is 1. The van der Waals surface area contributed by atoms with Gasteiger partial charge in [-0.15, -0.1) is 11.6 Å². The fraction of sp³-hybridized carbons (Fsp3) is 0.300. The van der Waals surface area contributed by atoms with E-state index in [1.54, 1.807) is 7.11 Å². The van der Waals surface area contributed by atoms with Crippen LogP contribution in [-0.4, -0.2) is 17.6 Å². The lowest BCUT2D eigenvalue weighted by Crippen LogP contribution is -2.04. The number of Topliss-reactive ketones (excluding diaryl/α,β-unsaturated/α-hetero) is 1. The van der Waals surface area contributed by atoms with Crippen molar-refractivity contribution in [2.75, 3.05) is 7.11 Å². The lowest BCUT2D eigenvalue weighted by Gasteiger charge is -2.06. The highest BCUT2D eigenvalue weighted by atomic mass is 35.5. The van der Waals surface area contributed by atoms with Gasteiger partial charge in [0, 0.05) is 4.90 Å². The SMILES string of the molecule is COc1cccc(SC(Cl)C(C)=O)c1. The number of carbonyl (C=O) groups excluding carboxylic acids is 1. The van der Waals surface area contributed by atoms with E-state index in [-0.39, 0.29) is 5.78 Å². The predicted octanol–water partition coefficient (Wildman–Crippen LogP) is 2.94. The van der Waals surface area contributed by atoms with E-state index in [0.29, 0.717) is 0 Å². The van der Waals surface area contributed by atoms with Gasteiger partial charge in [-0.1, -0.05) is 17.8 Å². The second kappa shape index (κ2) is 5.27. The molecule has 0 heterocycles.